The summed E-state index contributed by atoms with van der Waals surface area (Å²) in [6.07, 6.45) is 3.90. The average Bonchev–Trinajstić information content (AvgIpc) is 3.01. The molecule has 5 heteroatoms. The number of rotatable bonds is 5. The zero-order chi connectivity index (χ0) is 13.9. The van der Waals surface area contributed by atoms with Crippen molar-refractivity contribution in [3.63, 3.8) is 0 Å². The van der Waals surface area contributed by atoms with Crippen LogP contribution in [0.5, 0.6) is 5.75 Å². The third-order valence-corrected chi connectivity index (χ3v) is 3.89. The number of imidazole rings is 1. The van der Waals surface area contributed by atoms with Crippen LogP contribution in [0.4, 0.5) is 0 Å². The summed E-state index contributed by atoms with van der Waals surface area (Å²) in [6.45, 7) is 2.60. The molecule has 0 radical (unpaired) electrons. The minimum atomic E-state index is -0.546. The summed E-state index contributed by atoms with van der Waals surface area (Å²) in [5.41, 5.74) is 1.78. The largest absolute Gasteiger partial charge is 0.494 e. The van der Waals surface area contributed by atoms with E-state index in [0.717, 1.165) is 22.0 Å². The fraction of sp³-hybridized carbons (Fsp3) is 0.267. The lowest BCUT2D eigenvalue weighted by Gasteiger charge is -2.10. The molecule has 1 aromatic carbocycles. The minimum Gasteiger partial charge on any atom is -0.494 e. The van der Waals surface area contributed by atoms with E-state index < -0.39 is 6.10 Å². The maximum Gasteiger partial charge on any atom is 0.193 e. The predicted octanol–water partition coefficient (Wildman–Crippen LogP) is 3.07. The molecular formula is C15H16N2O2S. The molecular weight excluding hydrogens is 272 g/mol. The van der Waals surface area contributed by atoms with Gasteiger partial charge in [-0.05, 0) is 24.6 Å². The van der Waals surface area contributed by atoms with Crippen LogP contribution in [0.25, 0.3) is 4.96 Å². The van der Waals surface area contributed by atoms with Gasteiger partial charge in [0.1, 0.15) is 5.75 Å². The monoisotopic (exact) mass is 288 g/mol. The molecule has 2 aromatic heterocycles. The van der Waals surface area contributed by atoms with Crippen molar-refractivity contribution in [2.45, 2.75) is 19.4 Å². The van der Waals surface area contributed by atoms with Crippen LogP contribution in [0.2, 0.25) is 0 Å². The lowest BCUT2D eigenvalue weighted by Crippen LogP contribution is -2.02. The number of ether oxygens (including phenoxy) is 1. The average molecular weight is 288 g/mol. The molecule has 3 aromatic rings. The highest BCUT2D eigenvalue weighted by molar-refractivity contribution is 7.15. The Morgan fingerprint density at radius 2 is 2.15 bits per heavy atom. The SMILES string of the molecule is CCOc1ccc(C(O)Cc2cn3ccsc3n2)cc1. The third kappa shape index (κ3) is 2.69. The van der Waals surface area contributed by atoms with Gasteiger partial charge in [-0.2, -0.15) is 0 Å². The second kappa shape index (κ2) is 5.64. The molecule has 0 saturated heterocycles. The van der Waals surface area contributed by atoms with Crippen LogP contribution >= 0.6 is 11.3 Å². The molecule has 0 fully saturated rings. The maximum atomic E-state index is 10.3. The van der Waals surface area contributed by atoms with Gasteiger partial charge in [0, 0.05) is 24.2 Å². The summed E-state index contributed by atoms with van der Waals surface area (Å²) in [5, 5.41) is 12.3. The summed E-state index contributed by atoms with van der Waals surface area (Å²) in [4.78, 5) is 5.44. The van der Waals surface area contributed by atoms with Crippen molar-refractivity contribution < 1.29 is 9.84 Å². The molecule has 4 nitrogen and oxygen atoms in total. The number of hydrogen-bond acceptors (Lipinski definition) is 4. The molecule has 0 bridgehead atoms. The Bertz CT molecular complexity index is 659. The molecule has 1 atom stereocenters. The number of benzene rings is 1. The summed E-state index contributed by atoms with van der Waals surface area (Å²) < 4.78 is 7.37. The van der Waals surface area contributed by atoms with Crippen LogP contribution in [0.15, 0.2) is 42.0 Å². The summed E-state index contributed by atoms with van der Waals surface area (Å²) >= 11 is 1.59. The van der Waals surface area contributed by atoms with Crippen molar-refractivity contribution >= 4 is 16.3 Å². The van der Waals surface area contributed by atoms with E-state index in [0.29, 0.717) is 13.0 Å². The van der Waals surface area contributed by atoms with Crippen LogP contribution in [-0.4, -0.2) is 21.1 Å². The van der Waals surface area contributed by atoms with E-state index in [1.807, 2.05) is 53.4 Å². The van der Waals surface area contributed by atoms with E-state index in [4.69, 9.17) is 4.74 Å². The van der Waals surface area contributed by atoms with E-state index in [-0.39, 0.29) is 0 Å². The number of aliphatic hydroxyl groups excluding tert-OH is 1. The van der Waals surface area contributed by atoms with Crippen molar-refractivity contribution in [1.29, 1.82) is 0 Å². The molecule has 2 heterocycles. The zero-order valence-electron chi connectivity index (χ0n) is 11.2. The summed E-state index contributed by atoms with van der Waals surface area (Å²) in [7, 11) is 0. The zero-order valence-corrected chi connectivity index (χ0v) is 12.0. The smallest absolute Gasteiger partial charge is 0.193 e. The fourth-order valence-electron chi connectivity index (χ4n) is 2.14. The number of aliphatic hydroxyl groups is 1. The Kier molecular flexibility index (Phi) is 3.71. The van der Waals surface area contributed by atoms with Gasteiger partial charge in [0.2, 0.25) is 0 Å². The Balaban J connectivity index is 1.71. The highest BCUT2D eigenvalue weighted by atomic mass is 32.1. The molecule has 3 rings (SSSR count). The Morgan fingerprint density at radius 3 is 2.85 bits per heavy atom. The number of nitrogens with zero attached hydrogens (tertiary/aromatic N) is 2. The topological polar surface area (TPSA) is 46.8 Å². The van der Waals surface area contributed by atoms with Crippen LogP contribution < -0.4 is 4.74 Å². The van der Waals surface area contributed by atoms with E-state index in [1.165, 1.54) is 0 Å². The second-order valence-corrected chi connectivity index (χ2v) is 5.42. The first-order valence-corrected chi connectivity index (χ1v) is 7.46. The normalized spacial score (nSPS) is 12.7. The van der Waals surface area contributed by atoms with Gasteiger partial charge in [0.15, 0.2) is 4.96 Å². The van der Waals surface area contributed by atoms with Crippen LogP contribution in [0, 0.1) is 0 Å². The molecule has 0 aliphatic carbocycles. The first kappa shape index (κ1) is 13.1. The van der Waals surface area contributed by atoms with Gasteiger partial charge in [-0.3, -0.25) is 4.40 Å². The highest BCUT2D eigenvalue weighted by Crippen LogP contribution is 2.22. The molecule has 20 heavy (non-hydrogen) atoms. The lowest BCUT2D eigenvalue weighted by atomic mass is 10.1. The van der Waals surface area contributed by atoms with E-state index in [2.05, 4.69) is 4.98 Å². The molecule has 1 N–H and O–H groups in total. The lowest BCUT2D eigenvalue weighted by molar-refractivity contribution is 0.177. The Hall–Kier alpha value is -1.85. The standard InChI is InChI=1S/C15H16N2O2S/c1-2-19-13-5-3-11(4-6-13)14(18)9-12-10-17-7-8-20-15(17)16-12/h3-8,10,14,18H,2,9H2,1H3. The first-order chi connectivity index (χ1) is 9.76. The number of fused-ring (bicyclic) bond motifs is 1. The minimum absolute atomic E-state index is 0.516. The van der Waals surface area contributed by atoms with Gasteiger partial charge in [0.25, 0.3) is 0 Å². The quantitative estimate of drug-likeness (QED) is 0.785. The molecule has 0 saturated carbocycles. The molecule has 0 aliphatic heterocycles. The number of thiazole rings is 1. The van der Waals surface area contributed by atoms with Gasteiger partial charge in [-0.15, -0.1) is 11.3 Å². The Morgan fingerprint density at radius 1 is 1.35 bits per heavy atom. The Labute approximate surface area is 121 Å². The van der Waals surface area contributed by atoms with Crippen LogP contribution in [-0.2, 0) is 6.42 Å². The molecule has 0 spiro atoms. The summed E-state index contributed by atoms with van der Waals surface area (Å²) in [5.74, 6) is 0.825. The molecule has 0 aliphatic rings. The van der Waals surface area contributed by atoms with Gasteiger partial charge in [-0.1, -0.05) is 12.1 Å². The van der Waals surface area contributed by atoms with Crippen molar-refractivity contribution in [2.75, 3.05) is 6.61 Å². The third-order valence-electron chi connectivity index (χ3n) is 3.12. The van der Waals surface area contributed by atoms with E-state index >= 15 is 0 Å². The summed E-state index contributed by atoms with van der Waals surface area (Å²) in [6, 6.07) is 7.56. The highest BCUT2D eigenvalue weighted by Gasteiger charge is 2.11. The molecule has 0 amide bonds. The van der Waals surface area contributed by atoms with E-state index in [9.17, 15) is 5.11 Å². The molecule has 104 valence electrons. The van der Waals surface area contributed by atoms with Gasteiger partial charge >= 0.3 is 0 Å². The van der Waals surface area contributed by atoms with Crippen molar-refractivity contribution in [2.24, 2.45) is 0 Å². The van der Waals surface area contributed by atoms with Gasteiger partial charge in [-0.25, -0.2) is 4.98 Å². The predicted molar refractivity (Wildman–Crippen MR) is 79.3 cm³/mol. The van der Waals surface area contributed by atoms with Crippen molar-refractivity contribution in [3.05, 3.63) is 53.3 Å². The van der Waals surface area contributed by atoms with E-state index in [1.54, 1.807) is 11.3 Å². The first-order valence-electron chi connectivity index (χ1n) is 6.58. The van der Waals surface area contributed by atoms with Gasteiger partial charge < -0.3 is 9.84 Å². The maximum absolute atomic E-state index is 10.3. The van der Waals surface area contributed by atoms with Crippen molar-refractivity contribution in [1.82, 2.24) is 9.38 Å². The van der Waals surface area contributed by atoms with Crippen LogP contribution in [0.3, 0.4) is 0 Å². The molecule has 1 unspecified atom stereocenters. The number of hydrogen-bond donors (Lipinski definition) is 1. The number of aromatic nitrogens is 2. The fourth-order valence-corrected chi connectivity index (χ4v) is 2.86. The van der Waals surface area contributed by atoms with Crippen molar-refractivity contribution in [3.8, 4) is 5.75 Å². The van der Waals surface area contributed by atoms with Crippen LogP contribution in [0.1, 0.15) is 24.3 Å². The second-order valence-electron chi connectivity index (χ2n) is 4.55. The van der Waals surface area contributed by atoms with Gasteiger partial charge in [0.05, 0.1) is 18.4 Å².